The van der Waals surface area contributed by atoms with E-state index in [1.165, 1.54) is 0 Å². The lowest BCUT2D eigenvalue weighted by Gasteiger charge is -2.36. The van der Waals surface area contributed by atoms with Crippen molar-refractivity contribution in [1.29, 1.82) is 0 Å². The van der Waals surface area contributed by atoms with Crippen LogP contribution >= 0.6 is 0 Å². The zero-order valence-corrected chi connectivity index (χ0v) is 14.4. The van der Waals surface area contributed by atoms with E-state index in [-0.39, 0.29) is 23.1 Å². The maximum Gasteiger partial charge on any atom is 0.332 e. The van der Waals surface area contributed by atoms with Gasteiger partial charge in [0.1, 0.15) is 11.4 Å². The first-order valence-electron chi connectivity index (χ1n) is 7.44. The second-order valence-electron chi connectivity index (χ2n) is 5.17. The number of nitrogens with one attached hydrogen (secondary N) is 2. The largest absolute Gasteiger partial charge is 0.409 e. The monoisotopic (exact) mass is 370 g/mol. The third kappa shape index (κ3) is 5.81. The summed E-state index contributed by atoms with van der Waals surface area (Å²) in [6.45, 7) is 4.70. The molecule has 26 heavy (non-hydrogen) atoms. The molecule has 0 aromatic carbocycles. The Hall–Kier alpha value is -3.58. The Labute approximate surface area is 148 Å². The lowest BCUT2D eigenvalue weighted by atomic mass is 10.2. The summed E-state index contributed by atoms with van der Waals surface area (Å²) >= 11 is 0. The number of amides is 4. The Morgan fingerprint density at radius 2 is 1.12 bits per heavy atom. The van der Waals surface area contributed by atoms with Crippen LogP contribution in [0.2, 0.25) is 0 Å². The number of amidine groups is 2. The standard InChI is InChI=1S/C12H22N10O4/c1-7(15-17-11(13)23)9(19-25)21-3-5-22(6-4-21)10(20-26)8(2)16-18-12(14)24/h25-26H,3-6H2,1-2H3,(H3,13,17,23)(H3,14,18,24)/b15-7+,16-8+,19-9-,20-10+. The van der Waals surface area contributed by atoms with Crippen LogP contribution < -0.4 is 22.3 Å². The number of nitrogens with zero attached hydrogens (tertiary/aromatic N) is 6. The summed E-state index contributed by atoms with van der Waals surface area (Å²) in [5.74, 6) is 0.336. The van der Waals surface area contributed by atoms with Crippen molar-refractivity contribution in [1.82, 2.24) is 20.7 Å². The van der Waals surface area contributed by atoms with Crippen molar-refractivity contribution in [2.45, 2.75) is 13.8 Å². The second kappa shape index (κ2) is 9.65. The fourth-order valence-corrected chi connectivity index (χ4v) is 2.24. The number of hydrogen-bond donors (Lipinski definition) is 6. The molecule has 0 spiro atoms. The Morgan fingerprint density at radius 3 is 1.35 bits per heavy atom. The maximum atomic E-state index is 10.7. The molecule has 144 valence electrons. The van der Waals surface area contributed by atoms with E-state index in [1.54, 1.807) is 23.6 Å². The third-order valence-corrected chi connectivity index (χ3v) is 3.38. The number of oxime groups is 2. The topological polar surface area (TPSA) is 207 Å². The molecular formula is C12H22N10O4. The summed E-state index contributed by atoms with van der Waals surface area (Å²) in [6, 6.07) is -1.68. The molecule has 1 heterocycles. The molecule has 1 saturated heterocycles. The van der Waals surface area contributed by atoms with Crippen LogP contribution in [-0.4, -0.2) is 81.6 Å². The highest BCUT2D eigenvalue weighted by Crippen LogP contribution is 2.06. The molecule has 1 rings (SSSR count). The van der Waals surface area contributed by atoms with Crippen LogP contribution in [0.1, 0.15) is 13.8 Å². The molecule has 1 fully saturated rings. The molecule has 0 aromatic heterocycles. The first-order valence-corrected chi connectivity index (χ1v) is 7.44. The summed E-state index contributed by atoms with van der Waals surface area (Å²) in [7, 11) is 0. The number of carbonyl (C=O) groups excluding carboxylic acids is 2. The van der Waals surface area contributed by atoms with E-state index in [1.807, 2.05) is 0 Å². The normalized spacial score (nSPS) is 17.2. The zero-order valence-electron chi connectivity index (χ0n) is 14.4. The van der Waals surface area contributed by atoms with Crippen LogP contribution in [-0.2, 0) is 0 Å². The van der Waals surface area contributed by atoms with Crippen molar-refractivity contribution in [2.75, 3.05) is 26.2 Å². The minimum atomic E-state index is -0.838. The summed E-state index contributed by atoms with van der Waals surface area (Å²) in [5, 5.41) is 32.3. The van der Waals surface area contributed by atoms with Crippen molar-refractivity contribution in [3.05, 3.63) is 0 Å². The van der Waals surface area contributed by atoms with Crippen molar-refractivity contribution < 1.29 is 20.0 Å². The fourth-order valence-electron chi connectivity index (χ4n) is 2.24. The molecule has 1 aliphatic rings. The Kier molecular flexibility index (Phi) is 7.60. The van der Waals surface area contributed by atoms with Gasteiger partial charge < -0.3 is 31.7 Å². The molecule has 1 aliphatic heterocycles. The second-order valence-corrected chi connectivity index (χ2v) is 5.17. The average Bonchev–Trinajstić information content (AvgIpc) is 2.60. The van der Waals surface area contributed by atoms with Crippen molar-refractivity contribution in [3.63, 3.8) is 0 Å². The molecule has 4 amide bonds. The van der Waals surface area contributed by atoms with Gasteiger partial charge in [-0.3, -0.25) is 0 Å². The number of hydrogen-bond acceptors (Lipinski definition) is 8. The highest BCUT2D eigenvalue weighted by molar-refractivity contribution is 6.41. The number of nitrogens with two attached hydrogens (primary N) is 2. The van der Waals surface area contributed by atoms with Crippen molar-refractivity contribution in [2.24, 2.45) is 32.0 Å². The van der Waals surface area contributed by atoms with Crippen LogP contribution in [0, 0.1) is 0 Å². The molecule has 0 aliphatic carbocycles. The van der Waals surface area contributed by atoms with E-state index in [2.05, 4.69) is 31.4 Å². The molecule has 0 saturated carbocycles. The third-order valence-electron chi connectivity index (χ3n) is 3.38. The van der Waals surface area contributed by atoms with Crippen LogP contribution in [0.4, 0.5) is 9.59 Å². The Bertz CT molecular complexity index is 592. The summed E-state index contributed by atoms with van der Waals surface area (Å²) < 4.78 is 0. The lowest BCUT2D eigenvalue weighted by Crippen LogP contribution is -2.53. The van der Waals surface area contributed by atoms with E-state index in [0.29, 0.717) is 26.2 Å². The zero-order chi connectivity index (χ0) is 19.7. The van der Waals surface area contributed by atoms with E-state index in [9.17, 15) is 20.0 Å². The Morgan fingerprint density at radius 1 is 0.808 bits per heavy atom. The van der Waals surface area contributed by atoms with Crippen LogP contribution in [0.5, 0.6) is 0 Å². The number of carbonyl (C=O) groups is 2. The highest BCUT2D eigenvalue weighted by atomic mass is 16.4. The predicted octanol–water partition coefficient (Wildman–Crippen LogP) is -1.73. The first-order chi connectivity index (χ1) is 12.3. The minimum Gasteiger partial charge on any atom is -0.409 e. The van der Waals surface area contributed by atoms with Crippen molar-refractivity contribution in [3.8, 4) is 0 Å². The smallest absolute Gasteiger partial charge is 0.332 e. The van der Waals surface area contributed by atoms with Gasteiger partial charge in [0.2, 0.25) is 0 Å². The number of urea groups is 2. The van der Waals surface area contributed by atoms with Crippen LogP contribution in [0.3, 0.4) is 0 Å². The molecule has 8 N–H and O–H groups in total. The van der Waals surface area contributed by atoms with E-state index < -0.39 is 12.1 Å². The molecule has 0 radical (unpaired) electrons. The van der Waals surface area contributed by atoms with Crippen LogP contribution in [0.15, 0.2) is 20.5 Å². The van der Waals surface area contributed by atoms with Gasteiger partial charge >= 0.3 is 12.1 Å². The van der Waals surface area contributed by atoms with E-state index in [0.717, 1.165) is 0 Å². The lowest BCUT2D eigenvalue weighted by molar-refractivity contribution is 0.236. The quantitative estimate of drug-likeness (QED) is 0.146. The fraction of sp³-hybridized carbons (Fsp3) is 0.500. The van der Waals surface area contributed by atoms with Gasteiger partial charge in [-0.05, 0) is 13.8 Å². The number of hydrazone groups is 2. The average molecular weight is 370 g/mol. The summed E-state index contributed by atoms with van der Waals surface area (Å²) in [6.07, 6.45) is 0. The van der Waals surface area contributed by atoms with Gasteiger partial charge in [0.25, 0.3) is 0 Å². The van der Waals surface area contributed by atoms with Gasteiger partial charge in [-0.2, -0.15) is 10.2 Å². The number of rotatable bonds is 4. The van der Waals surface area contributed by atoms with Gasteiger partial charge in [0, 0.05) is 26.2 Å². The Balaban J connectivity index is 2.75. The van der Waals surface area contributed by atoms with E-state index >= 15 is 0 Å². The molecule has 0 atom stereocenters. The summed E-state index contributed by atoms with van der Waals surface area (Å²) in [4.78, 5) is 24.8. The van der Waals surface area contributed by atoms with Crippen LogP contribution in [0.25, 0.3) is 0 Å². The molecule has 0 aromatic rings. The SMILES string of the molecule is CC(=N\NC(N)=O)/C(=N/O)N1CCN(C(=N/O)/C(C)=N/NC(N)=O)CC1. The van der Waals surface area contributed by atoms with Gasteiger partial charge in [0.05, 0.1) is 0 Å². The summed E-state index contributed by atoms with van der Waals surface area (Å²) in [5.41, 5.74) is 14.5. The minimum absolute atomic E-state index is 0.168. The number of piperazine rings is 1. The highest BCUT2D eigenvalue weighted by Gasteiger charge is 2.25. The molecule has 0 bridgehead atoms. The van der Waals surface area contributed by atoms with Gasteiger partial charge in [0.15, 0.2) is 11.7 Å². The molecule has 0 unspecified atom stereocenters. The molecule has 14 nitrogen and oxygen atoms in total. The van der Waals surface area contributed by atoms with E-state index in [4.69, 9.17) is 11.5 Å². The molecular weight excluding hydrogens is 348 g/mol. The van der Waals surface area contributed by atoms with Gasteiger partial charge in [-0.15, -0.1) is 0 Å². The number of primary amides is 2. The van der Waals surface area contributed by atoms with Gasteiger partial charge in [-0.1, -0.05) is 10.3 Å². The van der Waals surface area contributed by atoms with Crippen molar-refractivity contribution >= 4 is 35.2 Å². The first kappa shape index (κ1) is 20.5. The van der Waals surface area contributed by atoms with Gasteiger partial charge in [-0.25, -0.2) is 20.4 Å². The molecule has 14 heteroatoms. The maximum absolute atomic E-state index is 10.7. The predicted molar refractivity (Wildman–Crippen MR) is 93.2 cm³/mol.